The number of benzene rings is 2. The molecular weight excluding hydrogens is 270 g/mol. The van der Waals surface area contributed by atoms with Crippen molar-refractivity contribution in [1.82, 2.24) is 0 Å². The summed E-state index contributed by atoms with van der Waals surface area (Å²) >= 11 is 0. The molecule has 0 spiro atoms. The molecule has 0 amide bonds. The Labute approximate surface area is 120 Å². The standard InChI is InChI=1S/C16H19NO2S/c1-12(2)11-13-7-9-14(10-8-13)15-5-3-4-6-16(15)20(17,18)19/h3-10,12H,11H2,1-2H3,(H2,17,18,19). The van der Waals surface area contributed by atoms with E-state index in [9.17, 15) is 8.42 Å². The van der Waals surface area contributed by atoms with E-state index in [-0.39, 0.29) is 4.90 Å². The predicted molar refractivity (Wildman–Crippen MR) is 81.8 cm³/mol. The maximum Gasteiger partial charge on any atom is 0.238 e. The average Bonchev–Trinajstić information content (AvgIpc) is 2.38. The molecule has 20 heavy (non-hydrogen) atoms. The molecule has 0 aliphatic rings. The summed E-state index contributed by atoms with van der Waals surface area (Å²) in [5.74, 6) is 0.595. The van der Waals surface area contributed by atoms with E-state index >= 15 is 0 Å². The zero-order chi connectivity index (χ0) is 14.8. The van der Waals surface area contributed by atoms with Gasteiger partial charge in [0, 0.05) is 5.56 Å². The first kappa shape index (κ1) is 14.8. The summed E-state index contributed by atoms with van der Waals surface area (Å²) in [5, 5.41) is 5.26. The van der Waals surface area contributed by atoms with Crippen LogP contribution in [-0.2, 0) is 16.4 Å². The van der Waals surface area contributed by atoms with E-state index in [1.165, 1.54) is 11.6 Å². The first-order valence-electron chi connectivity index (χ1n) is 6.59. The minimum Gasteiger partial charge on any atom is -0.225 e. The molecule has 0 fully saturated rings. The van der Waals surface area contributed by atoms with E-state index < -0.39 is 10.0 Å². The van der Waals surface area contributed by atoms with Crippen molar-refractivity contribution in [1.29, 1.82) is 0 Å². The molecule has 2 aromatic carbocycles. The molecule has 0 saturated carbocycles. The van der Waals surface area contributed by atoms with Crippen molar-refractivity contribution in [3.05, 3.63) is 54.1 Å². The van der Waals surface area contributed by atoms with Gasteiger partial charge in [-0.05, 0) is 29.5 Å². The van der Waals surface area contributed by atoms with Crippen LogP contribution < -0.4 is 5.14 Å². The van der Waals surface area contributed by atoms with Gasteiger partial charge in [-0.15, -0.1) is 0 Å². The summed E-state index contributed by atoms with van der Waals surface area (Å²) in [6.07, 6.45) is 1.01. The van der Waals surface area contributed by atoms with Gasteiger partial charge in [0.25, 0.3) is 0 Å². The average molecular weight is 289 g/mol. The molecule has 4 heteroatoms. The first-order chi connectivity index (χ1) is 9.38. The fourth-order valence-corrected chi connectivity index (χ4v) is 3.01. The topological polar surface area (TPSA) is 60.2 Å². The Morgan fingerprint density at radius 3 is 2.15 bits per heavy atom. The lowest BCUT2D eigenvalue weighted by Crippen LogP contribution is -2.13. The van der Waals surface area contributed by atoms with Crippen LogP contribution >= 0.6 is 0 Å². The Morgan fingerprint density at radius 2 is 1.60 bits per heavy atom. The number of nitrogens with two attached hydrogens (primary N) is 1. The van der Waals surface area contributed by atoms with Crippen LogP contribution in [0.4, 0.5) is 0 Å². The molecule has 0 aromatic heterocycles. The van der Waals surface area contributed by atoms with Crippen molar-refractivity contribution in [2.75, 3.05) is 0 Å². The fraction of sp³-hybridized carbons (Fsp3) is 0.250. The molecule has 0 atom stereocenters. The molecule has 0 unspecified atom stereocenters. The Balaban J connectivity index is 2.43. The second-order valence-electron chi connectivity index (χ2n) is 5.34. The smallest absolute Gasteiger partial charge is 0.225 e. The van der Waals surface area contributed by atoms with Gasteiger partial charge in [0.2, 0.25) is 10.0 Å². The molecule has 0 aliphatic carbocycles. The Kier molecular flexibility index (Phi) is 4.26. The van der Waals surface area contributed by atoms with Crippen molar-refractivity contribution < 1.29 is 8.42 Å². The minimum atomic E-state index is -3.71. The van der Waals surface area contributed by atoms with Crippen LogP contribution in [0.3, 0.4) is 0 Å². The molecule has 0 saturated heterocycles. The third-order valence-electron chi connectivity index (χ3n) is 3.10. The van der Waals surface area contributed by atoms with Gasteiger partial charge in [0.1, 0.15) is 0 Å². The van der Waals surface area contributed by atoms with E-state index in [1.807, 2.05) is 30.3 Å². The van der Waals surface area contributed by atoms with Gasteiger partial charge >= 0.3 is 0 Å². The number of rotatable bonds is 4. The summed E-state index contributed by atoms with van der Waals surface area (Å²) in [6, 6.07) is 14.8. The Bertz CT molecular complexity index is 689. The zero-order valence-electron chi connectivity index (χ0n) is 11.7. The highest BCUT2D eigenvalue weighted by atomic mass is 32.2. The van der Waals surface area contributed by atoms with Crippen molar-refractivity contribution in [2.45, 2.75) is 25.2 Å². The maximum atomic E-state index is 11.6. The van der Waals surface area contributed by atoms with E-state index in [4.69, 9.17) is 5.14 Å². The highest BCUT2D eigenvalue weighted by molar-refractivity contribution is 7.89. The molecule has 2 rings (SSSR count). The molecular formula is C16H19NO2S. The number of primary sulfonamides is 1. The molecule has 0 radical (unpaired) electrons. The van der Waals surface area contributed by atoms with Gasteiger partial charge in [-0.3, -0.25) is 0 Å². The Morgan fingerprint density at radius 1 is 1.00 bits per heavy atom. The molecule has 2 aromatic rings. The van der Waals surface area contributed by atoms with Crippen molar-refractivity contribution in [2.24, 2.45) is 11.1 Å². The van der Waals surface area contributed by atoms with E-state index in [0.29, 0.717) is 11.5 Å². The largest absolute Gasteiger partial charge is 0.238 e. The van der Waals surface area contributed by atoms with Crippen LogP contribution in [0.25, 0.3) is 11.1 Å². The third kappa shape index (κ3) is 3.46. The van der Waals surface area contributed by atoms with Crippen LogP contribution in [0, 0.1) is 5.92 Å². The highest BCUT2D eigenvalue weighted by Crippen LogP contribution is 2.27. The van der Waals surface area contributed by atoms with Crippen molar-refractivity contribution in [3.8, 4) is 11.1 Å². The predicted octanol–water partition coefficient (Wildman–Crippen LogP) is 3.20. The second kappa shape index (κ2) is 5.77. The van der Waals surface area contributed by atoms with Gasteiger partial charge in [-0.25, -0.2) is 13.6 Å². The van der Waals surface area contributed by atoms with Crippen LogP contribution in [0.5, 0.6) is 0 Å². The quantitative estimate of drug-likeness (QED) is 0.939. The fourth-order valence-electron chi connectivity index (χ4n) is 2.25. The minimum absolute atomic E-state index is 0.164. The lowest BCUT2D eigenvalue weighted by atomic mass is 9.99. The summed E-state index contributed by atoms with van der Waals surface area (Å²) in [4.78, 5) is 0.164. The summed E-state index contributed by atoms with van der Waals surface area (Å²) in [6.45, 7) is 4.34. The zero-order valence-corrected chi connectivity index (χ0v) is 12.5. The van der Waals surface area contributed by atoms with Crippen LogP contribution in [-0.4, -0.2) is 8.42 Å². The van der Waals surface area contributed by atoms with E-state index in [2.05, 4.69) is 13.8 Å². The van der Waals surface area contributed by atoms with Crippen molar-refractivity contribution >= 4 is 10.0 Å². The molecule has 106 valence electrons. The van der Waals surface area contributed by atoms with Gasteiger partial charge in [0.05, 0.1) is 4.90 Å². The second-order valence-corrected chi connectivity index (χ2v) is 6.87. The lowest BCUT2D eigenvalue weighted by molar-refractivity contribution is 0.598. The van der Waals surface area contributed by atoms with Gasteiger partial charge in [-0.1, -0.05) is 56.3 Å². The summed E-state index contributed by atoms with van der Waals surface area (Å²) in [5.41, 5.74) is 2.75. The Hall–Kier alpha value is -1.65. The van der Waals surface area contributed by atoms with E-state index in [0.717, 1.165) is 12.0 Å². The molecule has 2 N–H and O–H groups in total. The number of sulfonamides is 1. The maximum absolute atomic E-state index is 11.6. The van der Waals surface area contributed by atoms with Crippen LogP contribution in [0.2, 0.25) is 0 Å². The van der Waals surface area contributed by atoms with Gasteiger partial charge in [0.15, 0.2) is 0 Å². The van der Waals surface area contributed by atoms with Gasteiger partial charge < -0.3 is 0 Å². The van der Waals surface area contributed by atoms with Crippen molar-refractivity contribution in [3.63, 3.8) is 0 Å². The highest BCUT2D eigenvalue weighted by Gasteiger charge is 2.14. The third-order valence-corrected chi connectivity index (χ3v) is 4.07. The molecule has 3 nitrogen and oxygen atoms in total. The lowest BCUT2D eigenvalue weighted by Gasteiger charge is -2.09. The van der Waals surface area contributed by atoms with Crippen LogP contribution in [0.15, 0.2) is 53.4 Å². The van der Waals surface area contributed by atoms with E-state index in [1.54, 1.807) is 12.1 Å². The normalized spacial score (nSPS) is 11.8. The SMILES string of the molecule is CC(C)Cc1ccc(-c2ccccc2S(N)(=O)=O)cc1. The summed E-state index contributed by atoms with van der Waals surface area (Å²) in [7, 11) is -3.71. The molecule has 0 aliphatic heterocycles. The number of hydrogen-bond donors (Lipinski definition) is 1. The first-order valence-corrected chi connectivity index (χ1v) is 8.13. The molecule has 0 heterocycles. The van der Waals surface area contributed by atoms with Gasteiger partial charge in [-0.2, -0.15) is 0 Å². The van der Waals surface area contributed by atoms with Crippen LogP contribution in [0.1, 0.15) is 19.4 Å². The molecule has 0 bridgehead atoms. The number of hydrogen-bond acceptors (Lipinski definition) is 2. The monoisotopic (exact) mass is 289 g/mol. The summed E-state index contributed by atoms with van der Waals surface area (Å²) < 4.78 is 23.2.